The van der Waals surface area contributed by atoms with Gasteiger partial charge in [-0.3, -0.25) is 0 Å². The van der Waals surface area contributed by atoms with Crippen molar-refractivity contribution >= 4 is 11.9 Å². The summed E-state index contributed by atoms with van der Waals surface area (Å²) >= 11 is 0. The van der Waals surface area contributed by atoms with E-state index >= 15 is 0 Å². The first kappa shape index (κ1) is 23.7. The van der Waals surface area contributed by atoms with Crippen LogP contribution in [-0.2, 0) is 28.5 Å². The first-order valence-electron chi connectivity index (χ1n) is 7.12. The fourth-order valence-electron chi connectivity index (χ4n) is 0.968. The lowest BCUT2D eigenvalue weighted by atomic mass is 10.5. The van der Waals surface area contributed by atoms with Crippen LogP contribution in [-0.4, -0.2) is 86.7 Å². The summed E-state index contributed by atoms with van der Waals surface area (Å²) in [5.41, 5.74) is 0. The van der Waals surface area contributed by atoms with Crippen LogP contribution in [0.25, 0.3) is 0 Å². The highest BCUT2D eigenvalue weighted by molar-refractivity contribution is 5.91. The highest BCUT2D eigenvalue weighted by atomic mass is 16.6. The van der Waals surface area contributed by atoms with Crippen molar-refractivity contribution in [3.63, 3.8) is 0 Å². The van der Waals surface area contributed by atoms with E-state index in [4.69, 9.17) is 34.3 Å². The zero-order valence-electron chi connectivity index (χ0n) is 13.3. The van der Waals surface area contributed by atoms with Crippen LogP contribution in [0.1, 0.15) is 6.92 Å². The van der Waals surface area contributed by atoms with Gasteiger partial charge in [0.05, 0.1) is 39.6 Å². The number of carbonyl (C=O) groups is 2. The predicted molar refractivity (Wildman–Crippen MR) is 79.6 cm³/mol. The largest absolute Gasteiger partial charge is 0.460 e. The number of aliphatic hydroxyl groups is 3. The molecule has 9 heteroatoms. The Morgan fingerprint density at radius 2 is 1.09 bits per heavy atom. The summed E-state index contributed by atoms with van der Waals surface area (Å²) in [5, 5.41) is 24.4. The quantitative estimate of drug-likeness (QED) is 0.224. The minimum absolute atomic E-state index is 0.0349. The molecular formula is C14H26O9. The second-order valence-corrected chi connectivity index (χ2v) is 3.66. The minimum Gasteiger partial charge on any atom is -0.460 e. The zero-order valence-corrected chi connectivity index (χ0v) is 13.3. The van der Waals surface area contributed by atoms with E-state index in [9.17, 15) is 9.59 Å². The van der Waals surface area contributed by atoms with E-state index in [2.05, 4.69) is 0 Å². The van der Waals surface area contributed by atoms with Gasteiger partial charge in [-0.15, -0.1) is 0 Å². The lowest BCUT2D eigenvalue weighted by Gasteiger charge is -2.03. The average molecular weight is 338 g/mol. The van der Waals surface area contributed by atoms with Crippen molar-refractivity contribution in [3.8, 4) is 0 Å². The van der Waals surface area contributed by atoms with Gasteiger partial charge in [-0.1, -0.05) is 0 Å². The Labute approximate surface area is 135 Å². The Morgan fingerprint density at radius 3 is 1.39 bits per heavy atom. The summed E-state index contributed by atoms with van der Waals surface area (Å²) in [6, 6.07) is 0. The van der Waals surface area contributed by atoms with Crippen molar-refractivity contribution in [3.05, 3.63) is 12.2 Å². The van der Waals surface area contributed by atoms with Crippen LogP contribution in [0.15, 0.2) is 12.2 Å². The minimum atomic E-state index is -0.689. The molecule has 0 aromatic heterocycles. The second kappa shape index (κ2) is 20.5. The first-order chi connectivity index (χ1) is 11.1. The van der Waals surface area contributed by atoms with Crippen LogP contribution in [0, 0.1) is 0 Å². The van der Waals surface area contributed by atoms with E-state index in [1.807, 2.05) is 0 Å². The number of hydrogen-bond donors (Lipinski definition) is 3. The third kappa shape index (κ3) is 22.9. The van der Waals surface area contributed by atoms with Gasteiger partial charge in [0, 0.05) is 18.8 Å². The average Bonchev–Trinajstić information content (AvgIpc) is 2.53. The van der Waals surface area contributed by atoms with E-state index < -0.39 is 11.9 Å². The molecule has 23 heavy (non-hydrogen) atoms. The third-order valence-corrected chi connectivity index (χ3v) is 1.77. The number of esters is 2. The molecule has 0 saturated carbocycles. The van der Waals surface area contributed by atoms with E-state index in [-0.39, 0.29) is 59.5 Å². The maximum absolute atomic E-state index is 11.1. The van der Waals surface area contributed by atoms with Crippen molar-refractivity contribution in [2.75, 3.05) is 59.5 Å². The molecule has 0 bridgehead atoms. The molecule has 0 radical (unpaired) electrons. The molecule has 0 aliphatic heterocycles. The molecule has 0 aliphatic rings. The molecule has 0 saturated heterocycles. The molecule has 0 aromatic rings. The van der Waals surface area contributed by atoms with Crippen molar-refractivity contribution in [1.82, 2.24) is 0 Å². The number of aliphatic hydroxyl groups excluding tert-OH is 3. The summed E-state index contributed by atoms with van der Waals surface area (Å²) in [5.74, 6) is -1.38. The SMILES string of the molecule is CCO.O=C(/C=C\C(=O)OCCOCCO)OCCOCCO. The molecule has 136 valence electrons. The Hall–Kier alpha value is -1.52. The molecule has 0 amide bonds. The number of carbonyl (C=O) groups excluding carboxylic acids is 2. The smallest absolute Gasteiger partial charge is 0.331 e. The molecule has 0 aliphatic carbocycles. The monoisotopic (exact) mass is 338 g/mol. The van der Waals surface area contributed by atoms with Crippen molar-refractivity contribution < 1.29 is 43.9 Å². The van der Waals surface area contributed by atoms with Crippen LogP contribution in [0.3, 0.4) is 0 Å². The number of ether oxygens (including phenoxy) is 4. The predicted octanol–water partition coefficient (Wildman–Crippen LogP) is -1.35. The Morgan fingerprint density at radius 1 is 0.739 bits per heavy atom. The molecule has 0 heterocycles. The molecule has 0 spiro atoms. The first-order valence-corrected chi connectivity index (χ1v) is 7.12. The van der Waals surface area contributed by atoms with Gasteiger partial charge in [0.2, 0.25) is 0 Å². The topological polar surface area (TPSA) is 132 Å². The van der Waals surface area contributed by atoms with E-state index in [0.717, 1.165) is 12.2 Å². The van der Waals surface area contributed by atoms with Crippen molar-refractivity contribution in [2.45, 2.75) is 6.92 Å². The summed E-state index contributed by atoms with van der Waals surface area (Å²) in [6.45, 7) is 2.51. The lowest BCUT2D eigenvalue weighted by molar-refractivity contribution is -0.142. The molecule has 0 fully saturated rings. The van der Waals surface area contributed by atoms with Gasteiger partial charge < -0.3 is 34.3 Å². The van der Waals surface area contributed by atoms with Crippen molar-refractivity contribution in [1.29, 1.82) is 0 Å². The maximum Gasteiger partial charge on any atom is 0.331 e. The molecule has 0 aromatic carbocycles. The van der Waals surface area contributed by atoms with Crippen LogP contribution < -0.4 is 0 Å². The zero-order chi connectivity index (χ0) is 17.8. The van der Waals surface area contributed by atoms with Crippen molar-refractivity contribution in [2.24, 2.45) is 0 Å². The molecule has 9 nitrogen and oxygen atoms in total. The van der Waals surface area contributed by atoms with Gasteiger partial charge in [-0.2, -0.15) is 0 Å². The van der Waals surface area contributed by atoms with E-state index in [0.29, 0.717) is 0 Å². The van der Waals surface area contributed by atoms with Gasteiger partial charge >= 0.3 is 11.9 Å². The second-order valence-electron chi connectivity index (χ2n) is 3.66. The maximum atomic E-state index is 11.1. The fourth-order valence-corrected chi connectivity index (χ4v) is 0.968. The van der Waals surface area contributed by atoms with Gasteiger partial charge in [0.15, 0.2) is 0 Å². The summed E-state index contributed by atoms with van der Waals surface area (Å²) < 4.78 is 19.1. The number of rotatable bonds is 12. The fraction of sp³-hybridized carbons (Fsp3) is 0.714. The Balaban J connectivity index is 0. The van der Waals surface area contributed by atoms with Gasteiger partial charge in [-0.05, 0) is 6.92 Å². The highest BCUT2D eigenvalue weighted by Gasteiger charge is 2.01. The van der Waals surface area contributed by atoms with E-state index in [1.54, 1.807) is 6.92 Å². The standard InChI is InChI=1S/C12H20O8.C2H6O/c13-3-5-17-7-9-19-11(15)1-2-12(16)20-10-8-18-6-4-14;1-2-3/h1-2,13-14H,3-10H2;3H,2H2,1H3/b2-1-;. The normalized spacial score (nSPS) is 10.1. The Bertz CT molecular complexity index is 277. The van der Waals surface area contributed by atoms with Gasteiger partial charge in [0.25, 0.3) is 0 Å². The van der Waals surface area contributed by atoms with Crippen LogP contribution in [0.2, 0.25) is 0 Å². The van der Waals surface area contributed by atoms with Gasteiger partial charge in [0.1, 0.15) is 13.2 Å². The highest BCUT2D eigenvalue weighted by Crippen LogP contribution is 1.87. The van der Waals surface area contributed by atoms with Gasteiger partial charge in [-0.25, -0.2) is 9.59 Å². The summed E-state index contributed by atoms with van der Waals surface area (Å²) in [4.78, 5) is 22.2. The molecular weight excluding hydrogens is 312 g/mol. The molecule has 0 atom stereocenters. The Kier molecular flexibility index (Phi) is 21.1. The number of hydrogen-bond acceptors (Lipinski definition) is 9. The van der Waals surface area contributed by atoms with Crippen LogP contribution in [0.5, 0.6) is 0 Å². The molecule has 0 rings (SSSR count). The van der Waals surface area contributed by atoms with Crippen LogP contribution >= 0.6 is 0 Å². The summed E-state index contributed by atoms with van der Waals surface area (Å²) in [7, 11) is 0. The summed E-state index contributed by atoms with van der Waals surface area (Å²) in [6.07, 6.45) is 1.89. The molecule has 0 unspecified atom stereocenters. The van der Waals surface area contributed by atoms with Crippen LogP contribution in [0.4, 0.5) is 0 Å². The van der Waals surface area contributed by atoms with E-state index in [1.165, 1.54) is 0 Å². The lowest BCUT2D eigenvalue weighted by Crippen LogP contribution is -2.12. The third-order valence-electron chi connectivity index (χ3n) is 1.77. The molecule has 3 N–H and O–H groups in total.